The number of carbonyl (C=O) groups excluding carboxylic acids is 2. The lowest BCUT2D eigenvalue weighted by Gasteiger charge is -2.33. The first-order valence-corrected chi connectivity index (χ1v) is 7.82. The average Bonchev–Trinajstić information content (AvgIpc) is 2.54. The number of ether oxygens (including phenoxy) is 1. The van der Waals surface area contributed by atoms with Crippen molar-refractivity contribution in [3.8, 4) is 0 Å². The van der Waals surface area contributed by atoms with Crippen molar-refractivity contribution in [2.75, 3.05) is 4.90 Å². The molecule has 0 bridgehead atoms. The molecule has 1 aromatic carbocycles. The Labute approximate surface area is 146 Å². The second-order valence-electron chi connectivity index (χ2n) is 6.25. The third kappa shape index (κ3) is 4.55. The molecule has 2 aromatic rings. The molecule has 1 amide bonds. The predicted octanol–water partition coefficient (Wildman–Crippen LogP) is 4.49. The lowest BCUT2D eigenvalue weighted by Crippen LogP contribution is -2.46. The Morgan fingerprint density at radius 3 is 2.38 bits per heavy atom. The van der Waals surface area contributed by atoms with Crippen LogP contribution in [0.15, 0.2) is 42.6 Å². The van der Waals surface area contributed by atoms with Crippen molar-refractivity contribution in [1.82, 2.24) is 4.98 Å². The van der Waals surface area contributed by atoms with Crippen LogP contribution < -0.4 is 4.90 Å². The second kappa shape index (κ2) is 7.45. The third-order valence-corrected chi connectivity index (χ3v) is 3.52. The summed E-state index contributed by atoms with van der Waals surface area (Å²) in [4.78, 5) is 28.9. The van der Waals surface area contributed by atoms with E-state index in [0.29, 0.717) is 22.7 Å². The summed E-state index contributed by atoms with van der Waals surface area (Å²) in [6.07, 6.45) is 1.62. The van der Waals surface area contributed by atoms with Crippen molar-refractivity contribution in [2.24, 2.45) is 0 Å². The van der Waals surface area contributed by atoms with Crippen LogP contribution in [0.4, 0.5) is 10.6 Å². The summed E-state index contributed by atoms with van der Waals surface area (Å²) in [7, 11) is 0. The Balaban J connectivity index is 2.16. The fraction of sp³-hybridized carbons (Fsp3) is 0.278. The number of carbonyl (C=O) groups is 2. The molecule has 0 saturated carbocycles. The number of anilines is 1. The Kier molecular flexibility index (Phi) is 5.57. The first kappa shape index (κ1) is 17.9. The largest absolute Gasteiger partial charge is 0.444 e. The van der Waals surface area contributed by atoms with Crippen molar-refractivity contribution in [3.05, 3.63) is 58.7 Å². The van der Waals surface area contributed by atoms with Crippen LogP contribution in [0.5, 0.6) is 0 Å². The van der Waals surface area contributed by atoms with Gasteiger partial charge in [0.05, 0.1) is 0 Å². The number of hydrogen-bond acceptors (Lipinski definition) is 4. The number of aromatic nitrogens is 1. The maximum absolute atomic E-state index is 12.6. The van der Waals surface area contributed by atoms with Gasteiger partial charge in [-0.15, -0.1) is 0 Å². The van der Waals surface area contributed by atoms with E-state index < -0.39 is 11.6 Å². The van der Waals surface area contributed by atoms with E-state index in [2.05, 4.69) is 4.98 Å². The van der Waals surface area contributed by atoms with Gasteiger partial charge in [-0.3, -0.25) is 9.69 Å². The van der Waals surface area contributed by atoms with Gasteiger partial charge in [0.15, 0.2) is 6.29 Å². The number of benzene rings is 1. The minimum Gasteiger partial charge on any atom is -0.444 e. The highest BCUT2D eigenvalue weighted by molar-refractivity contribution is 6.30. The lowest BCUT2D eigenvalue weighted by atomic mass is 10.1. The van der Waals surface area contributed by atoms with E-state index in [1.807, 2.05) is 20.8 Å². The van der Waals surface area contributed by atoms with E-state index in [1.165, 1.54) is 11.1 Å². The highest BCUT2D eigenvalue weighted by Crippen LogP contribution is 2.23. The highest BCUT2D eigenvalue weighted by atomic mass is 35.5. The molecule has 126 valence electrons. The molecule has 6 heteroatoms. The summed E-state index contributed by atoms with van der Waals surface area (Å²) in [5.41, 5.74) is 0.750. The van der Waals surface area contributed by atoms with E-state index in [1.54, 1.807) is 36.4 Å². The first-order chi connectivity index (χ1) is 11.3. The summed E-state index contributed by atoms with van der Waals surface area (Å²) in [6, 6.07) is 10.3. The SMILES string of the molecule is CC(C)(C)N(C(=O)OCc1ccc(Cl)cc1)c1ccc(C=O)cn1. The van der Waals surface area contributed by atoms with E-state index in [4.69, 9.17) is 16.3 Å². The fourth-order valence-electron chi connectivity index (χ4n) is 2.10. The molecule has 0 aliphatic carbocycles. The Morgan fingerprint density at radius 1 is 1.21 bits per heavy atom. The van der Waals surface area contributed by atoms with Crippen LogP contribution in [0, 0.1) is 0 Å². The van der Waals surface area contributed by atoms with Crippen LogP contribution in [0.2, 0.25) is 5.02 Å². The number of rotatable bonds is 4. The van der Waals surface area contributed by atoms with E-state index in [9.17, 15) is 9.59 Å². The molecule has 0 unspecified atom stereocenters. The molecular formula is C18H19ClN2O3. The average molecular weight is 347 g/mol. The zero-order chi connectivity index (χ0) is 17.7. The Hall–Kier alpha value is -2.40. The van der Waals surface area contributed by atoms with Crippen molar-refractivity contribution in [1.29, 1.82) is 0 Å². The van der Waals surface area contributed by atoms with Gasteiger partial charge in [0.2, 0.25) is 0 Å². The van der Waals surface area contributed by atoms with Crippen molar-refractivity contribution >= 4 is 29.8 Å². The van der Waals surface area contributed by atoms with Crippen LogP contribution >= 0.6 is 11.6 Å². The van der Waals surface area contributed by atoms with Crippen LogP contribution in [-0.4, -0.2) is 22.9 Å². The molecule has 1 aromatic heterocycles. The summed E-state index contributed by atoms with van der Waals surface area (Å²) in [5.74, 6) is 0.425. The molecule has 1 heterocycles. The van der Waals surface area contributed by atoms with E-state index >= 15 is 0 Å². The second-order valence-corrected chi connectivity index (χ2v) is 6.69. The summed E-state index contributed by atoms with van der Waals surface area (Å²) in [5, 5.41) is 0.626. The van der Waals surface area contributed by atoms with Gasteiger partial charge in [0.1, 0.15) is 12.4 Å². The number of nitrogens with zero attached hydrogens (tertiary/aromatic N) is 2. The summed E-state index contributed by atoms with van der Waals surface area (Å²) in [6.45, 7) is 5.78. The maximum Gasteiger partial charge on any atom is 0.416 e. The van der Waals surface area contributed by atoms with Gasteiger partial charge in [-0.1, -0.05) is 23.7 Å². The zero-order valence-electron chi connectivity index (χ0n) is 13.8. The molecule has 0 aliphatic heterocycles. The molecule has 5 nitrogen and oxygen atoms in total. The summed E-state index contributed by atoms with van der Waals surface area (Å²) >= 11 is 5.84. The molecule has 0 N–H and O–H groups in total. The summed E-state index contributed by atoms with van der Waals surface area (Å²) < 4.78 is 5.40. The monoisotopic (exact) mass is 346 g/mol. The van der Waals surface area contributed by atoms with Gasteiger partial charge >= 0.3 is 6.09 Å². The zero-order valence-corrected chi connectivity index (χ0v) is 14.6. The van der Waals surface area contributed by atoms with Crippen LogP contribution in [0.25, 0.3) is 0 Å². The number of amides is 1. The fourth-order valence-corrected chi connectivity index (χ4v) is 2.23. The molecular weight excluding hydrogens is 328 g/mol. The third-order valence-electron chi connectivity index (χ3n) is 3.26. The van der Waals surface area contributed by atoms with Crippen LogP contribution in [-0.2, 0) is 11.3 Å². The predicted molar refractivity (Wildman–Crippen MR) is 93.5 cm³/mol. The maximum atomic E-state index is 12.6. The molecule has 0 fully saturated rings. The quantitative estimate of drug-likeness (QED) is 0.765. The van der Waals surface area contributed by atoms with Crippen molar-refractivity contribution < 1.29 is 14.3 Å². The molecule has 0 aliphatic rings. The van der Waals surface area contributed by atoms with Gasteiger partial charge in [0, 0.05) is 22.3 Å². The van der Waals surface area contributed by atoms with Gasteiger partial charge in [-0.2, -0.15) is 0 Å². The van der Waals surface area contributed by atoms with Crippen LogP contribution in [0.3, 0.4) is 0 Å². The molecule has 2 rings (SSSR count). The topological polar surface area (TPSA) is 59.5 Å². The minimum absolute atomic E-state index is 0.134. The lowest BCUT2D eigenvalue weighted by molar-refractivity contribution is 0.112. The first-order valence-electron chi connectivity index (χ1n) is 7.44. The highest BCUT2D eigenvalue weighted by Gasteiger charge is 2.30. The molecule has 24 heavy (non-hydrogen) atoms. The van der Waals surface area contributed by atoms with Crippen molar-refractivity contribution in [2.45, 2.75) is 32.9 Å². The van der Waals surface area contributed by atoms with Gasteiger partial charge in [-0.25, -0.2) is 9.78 Å². The molecule has 0 spiro atoms. The Morgan fingerprint density at radius 2 is 1.88 bits per heavy atom. The number of hydrogen-bond donors (Lipinski definition) is 0. The molecule has 0 radical (unpaired) electrons. The van der Waals surface area contributed by atoms with Gasteiger partial charge < -0.3 is 4.74 Å². The van der Waals surface area contributed by atoms with Crippen LogP contribution in [0.1, 0.15) is 36.7 Å². The van der Waals surface area contributed by atoms with Crippen molar-refractivity contribution in [3.63, 3.8) is 0 Å². The van der Waals surface area contributed by atoms with E-state index in [0.717, 1.165) is 5.56 Å². The molecule has 0 saturated heterocycles. The van der Waals surface area contributed by atoms with E-state index in [-0.39, 0.29) is 6.61 Å². The minimum atomic E-state index is -0.535. The van der Waals surface area contributed by atoms with Gasteiger partial charge in [0.25, 0.3) is 0 Å². The van der Waals surface area contributed by atoms with Gasteiger partial charge in [-0.05, 0) is 50.6 Å². The normalized spacial score (nSPS) is 11.0. The Bertz CT molecular complexity index is 707. The standard InChI is InChI=1S/C18H19ClN2O3/c1-18(2,3)21(16-9-6-14(11-22)10-20-16)17(23)24-12-13-4-7-15(19)8-5-13/h4-11H,12H2,1-3H3. The number of aldehydes is 1. The number of halogens is 1. The number of pyridine rings is 1. The molecule has 0 atom stereocenters. The smallest absolute Gasteiger partial charge is 0.416 e.